The van der Waals surface area contributed by atoms with Gasteiger partial charge in [-0.05, 0) is 48.9 Å². The van der Waals surface area contributed by atoms with E-state index >= 15 is 0 Å². The Bertz CT molecular complexity index is 1210. The van der Waals surface area contributed by atoms with Gasteiger partial charge >= 0.3 is 0 Å². The van der Waals surface area contributed by atoms with E-state index in [0.717, 1.165) is 30.6 Å². The summed E-state index contributed by atoms with van der Waals surface area (Å²) < 4.78 is 27.3. The molecule has 7 nitrogen and oxygen atoms in total. The lowest BCUT2D eigenvalue weighted by molar-refractivity contribution is 0.102. The summed E-state index contributed by atoms with van der Waals surface area (Å²) >= 11 is 12.7. The van der Waals surface area contributed by atoms with Gasteiger partial charge in [-0.15, -0.1) is 10.2 Å². The molecule has 1 saturated heterocycles. The van der Waals surface area contributed by atoms with E-state index in [1.807, 2.05) is 18.2 Å². The highest BCUT2D eigenvalue weighted by Gasteiger charge is 2.32. The van der Waals surface area contributed by atoms with Gasteiger partial charge in [0.1, 0.15) is 0 Å². The number of anilines is 1. The molecule has 1 N–H and O–H groups in total. The van der Waals surface area contributed by atoms with Crippen LogP contribution in [-0.4, -0.2) is 41.9 Å². The molecule has 32 heavy (non-hydrogen) atoms. The molecule has 1 amide bonds. The van der Waals surface area contributed by atoms with Crippen molar-refractivity contribution in [3.8, 4) is 0 Å². The Balaban J connectivity index is 1.38. The quantitative estimate of drug-likeness (QED) is 0.483. The van der Waals surface area contributed by atoms with Crippen LogP contribution in [0.2, 0.25) is 10.0 Å². The Morgan fingerprint density at radius 2 is 1.81 bits per heavy atom. The third-order valence-corrected chi connectivity index (χ3v) is 8.93. The number of hydrogen-bond acceptors (Lipinski definition) is 6. The fourth-order valence-corrected chi connectivity index (χ4v) is 6.61. The summed E-state index contributed by atoms with van der Waals surface area (Å²) in [4.78, 5) is 12.4. The molecule has 4 rings (SSSR count). The van der Waals surface area contributed by atoms with Crippen molar-refractivity contribution in [1.29, 1.82) is 0 Å². The Labute approximate surface area is 200 Å². The minimum atomic E-state index is -3.77. The fraction of sp³-hybridized carbons (Fsp3) is 0.286. The van der Waals surface area contributed by atoms with Crippen LogP contribution < -0.4 is 5.32 Å². The van der Waals surface area contributed by atoms with E-state index in [9.17, 15) is 13.2 Å². The summed E-state index contributed by atoms with van der Waals surface area (Å²) in [7, 11) is -3.77. The first-order chi connectivity index (χ1) is 15.3. The standard InChI is InChI=1S/C21H20Cl2N4O3S2/c22-16-6-7-17(18(23)13-16)19(28)24-20-25-26-21(31-20)32(29,30)27-10-8-15(9-11-27)12-14-4-2-1-3-5-14/h1-7,13,15H,8-12H2,(H,24,25,28). The van der Waals surface area contributed by atoms with E-state index in [4.69, 9.17) is 23.2 Å². The van der Waals surface area contributed by atoms with Gasteiger partial charge in [-0.3, -0.25) is 10.1 Å². The Morgan fingerprint density at radius 3 is 2.50 bits per heavy atom. The molecule has 0 atom stereocenters. The van der Waals surface area contributed by atoms with E-state index < -0.39 is 15.9 Å². The predicted molar refractivity (Wildman–Crippen MR) is 126 cm³/mol. The molecule has 11 heteroatoms. The lowest BCUT2D eigenvalue weighted by Gasteiger charge is -2.30. The lowest BCUT2D eigenvalue weighted by atomic mass is 9.91. The summed E-state index contributed by atoms with van der Waals surface area (Å²) in [6.07, 6.45) is 2.51. The molecular weight excluding hydrogens is 491 g/mol. The van der Waals surface area contributed by atoms with Crippen LogP contribution in [-0.2, 0) is 16.4 Å². The first-order valence-electron chi connectivity index (χ1n) is 9.97. The molecule has 2 heterocycles. The average molecular weight is 511 g/mol. The molecule has 0 radical (unpaired) electrons. The number of nitrogens with zero attached hydrogens (tertiary/aromatic N) is 3. The molecular formula is C21H20Cl2N4O3S2. The van der Waals surface area contributed by atoms with Gasteiger partial charge in [0.15, 0.2) is 0 Å². The first-order valence-corrected chi connectivity index (χ1v) is 13.0. The van der Waals surface area contributed by atoms with Crippen molar-refractivity contribution in [2.45, 2.75) is 23.6 Å². The summed E-state index contributed by atoms with van der Waals surface area (Å²) in [5.41, 5.74) is 1.47. The molecule has 1 aliphatic rings. The molecule has 0 saturated carbocycles. The van der Waals surface area contributed by atoms with Crippen molar-refractivity contribution >= 4 is 55.6 Å². The van der Waals surface area contributed by atoms with Crippen molar-refractivity contribution in [1.82, 2.24) is 14.5 Å². The van der Waals surface area contributed by atoms with Crippen molar-refractivity contribution in [2.75, 3.05) is 18.4 Å². The molecule has 3 aromatic rings. The molecule has 0 spiro atoms. The van der Waals surface area contributed by atoms with Crippen LogP contribution in [0.15, 0.2) is 52.9 Å². The van der Waals surface area contributed by atoms with Gasteiger partial charge in [-0.25, -0.2) is 8.42 Å². The number of hydrogen-bond donors (Lipinski definition) is 1. The van der Waals surface area contributed by atoms with Gasteiger partial charge in [-0.1, -0.05) is 64.9 Å². The number of amides is 1. The number of carbonyl (C=O) groups is 1. The van der Waals surface area contributed by atoms with Crippen molar-refractivity contribution < 1.29 is 13.2 Å². The van der Waals surface area contributed by atoms with E-state index in [1.165, 1.54) is 22.0 Å². The van der Waals surface area contributed by atoms with E-state index in [1.54, 1.807) is 6.07 Å². The molecule has 2 aromatic carbocycles. The second-order valence-corrected chi connectivity index (χ2v) is 11.4. The summed E-state index contributed by atoms with van der Waals surface area (Å²) in [6, 6.07) is 14.7. The SMILES string of the molecule is O=C(Nc1nnc(S(=O)(=O)N2CCC(Cc3ccccc3)CC2)s1)c1ccc(Cl)cc1Cl. The zero-order valence-corrected chi connectivity index (χ0v) is 20.0. The van der Waals surface area contributed by atoms with Crippen molar-refractivity contribution in [3.05, 3.63) is 69.7 Å². The maximum atomic E-state index is 13.0. The van der Waals surface area contributed by atoms with E-state index in [2.05, 4.69) is 27.6 Å². The van der Waals surface area contributed by atoms with Crippen LogP contribution in [0, 0.1) is 5.92 Å². The fourth-order valence-electron chi connectivity index (χ4n) is 3.61. The Morgan fingerprint density at radius 1 is 1.09 bits per heavy atom. The van der Waals surface area contributed by atoms with Crippen molar-refractivity contribution in [3.63, 3.8) is 0 Å². The highest BCUT2D eigenvalue weighted by atomic mass is 35.5. The maximum Gasteiger partial charge on any atom is 0.272 e. The topological polar surface area (TPSA) is 92.3 Å². The Kier molecular flexibility index (Phi) is 7.11. The van der Waals surface area contributed by atoms with Gasteiger partial charge in [0.25, 0.3) is 15.9 Å². The zero-order valence-electron chi connectivity index (χ0n) is 16.9. The summed E-state index contributed by atoms with van der Waals surface area (Å²) in [5.74, 6) is -0.0780. The number of nitrogens with one attached hydrogen (secondary N) is 1. The summed E-state index contributed by atoms with van der Waals surface area (Å²) in [5, 5.41) is 10.8. The van der Waals surface area contributed by atoms with Gasteiger partial charge in [0.05, 0.1) is 10.6 Å². The van der Waals surface area contributed by atoms with Crippen LogP contribution in [0.5, 0.6) is 0 Å². The normalized spacial score (nSPS) is 15.6. The summed E-state index contributed by atoms with van der Waals surface area (Å²) in [6.45, 7) is 0.864. The minimum Gasteiger partial charge on any atom is -0.296 e. The largest absolute Gasteiger partial charge is 0.296 e. The smallest absolute Gasteiger partial charge is 0.272 e. The maximum absolute atomic E-state index is 13.0. The van der Waals surface area contributed by atoms with Crippen LogP contribution in [0.1, 0.15) is 28.8 Å². The third-order valence-electron chi connectivity index (χ3n) is 5.30. The number of rotatable bonds is 6. The molecule has 1 fully saturated rings. The van der Waals surface area contributed by atoms with Crippen LogP contribution in [0.25, 0.3) is 0 Å². The van der Waals surface area contributed by atoms with Crippen LogP contribution in [0.4, 0.5) is 5.13 Å². The molecule has 0 unspecified atom stereocenters. The monoisotopic (exact) mass is 510 g/mol. The number of benzene rings is 2. The highest BCUT2D eigenvalue weighted by Crippen LogP contribution is 2.29. The van der Waals surface area contributed by atoms with Gasteiger partial charge in [0, 0.05) is 18.1 Å². The van der Waals surface area contributed by atoms with E-state index in [0.29, 0.717) is 24.0 Å². The lowest BCUT2D eigenvalue weighted by Crippen LogP contribution is -2.38. The predicted octanol–water partition coefficient (Wildman–Crippen LogP) is 4.74. The van der Waals surface area contributed by atoms with E-state index in [-0.39, 0.29) is 20.1 Å². The highest BCUT2D eigenvalue weighted by molar-refractivity contribution is 7.91. The van der Waals surface area contributed by atoms with Gasteiger partial charge in [0.2, 0.25) is 9.47 Å². The number of halogens is 2. The average Bonchev–Trinajstić information content (AvgIpc) is 3.24. The van der Waals surface area contributed by atoms with Crippen molar-refractivity contribution in [2.24, 2.45) is 5.92 Å². The number of aromatic nitrogens is 2. The van der Waals surface area contributed by atoms with Crippen LogP contribution in [0.3, 0.4) is 0 Å². The number of sulfonamides is 1. The molecule has 0 bridgehead atoms. The number of carbonyl (C=O) groups excluding carboxylic acids is 1. The number of piperidine rings is 1. The first kappa shape index (κ1) is 23.1. The third kappa shape index (κ3) is 5.29. The Hall–Kier alpha value is -2.04. The van der Waals surface area contributed by atoms with Gasteiger partial charge < -0.3 is 0 Å². The zero-order chi connectivity index (χ0) is 22.7. The molecule has 168 valence electrons. The second-order valence-electron chi connectivity index (χ2n) is 7.49. The second kappa shape index (κ2) is 9.84. The minimum absolute atomic E-state index is 0.0820. The molecule has 1 aliphatic heterocycles. The van der Waals surface area contributed by atoms with Crippen LogP contribution >= 0.6 is 34.5 Å². The molecule has 1 aromatic heterocycles. The van der Waals surface area contributed by atoms with Gasteiger partial charge in [-0.2, -0.15) is 4.31 Å². The molecule has 0 aliphatic carbocycles.